The standard InChI is InChI=1S/C52H90N6O20/c1-19-29-24-32(57-46(66)77-51(13,14)15)39(69-28(3)60)42(70-29)73-37-33(55-40(62)35(68-27(2)59)22-23-53-43(63)74-48(4,5)6)25-34(58-47(67)78-52(16,17)18)38(36(37)61)72-41-31(56-45(65)76-50(10,11)12)21-20-30(71-41)26-54-44(64)75-49(7,8)9/h29-39,41-42,61H,19-26H2,1-18H3,(H,53,63)(H,54,64)(H,55,62)(H,56,65)(H,57,66)(H,58,67)/t29?,30?,31?,32-,33+,34-,35-,36?,37-,38?,39?,41+,42+/m0/s1. The Kier molecular flexibility index (Phi) is 24.1. The number of carbonyl (C=O) groups is 8. The van der Waals surface area contributed by atoms with E-state index in [0.717, 1.165) is 13.8 Å². The molecule has 2 heterocycles. The van der Waals surface area contributed by atoms with Gasteiger partial charge in [0.1, 0.15) is 46.3 Å². The van der Waals surface area contributed by atoms with Crippen molar-refractivity contribution in [1.29, 1.82) is 0 Å². The van der Waals surface area contributed by atoms with E-state index in [9.17, 15) is 43.5 Å². The minimum absolute atomic E-state index is 0.0783. The van der Waals surface area contributed by atoms with Crippen LogP contribution in [0.5, 0.6) is 0 Å². The van der Waals surface area contributed by atoms with Crippen molar-refractivity contribution in [3.05, 3.63) is 0 Å². The number of rotatable bonds is 17. The minimum atomic E-state index is -1.93. The van der Waals surface area contributed by atoms with Crippen molar-refractivity contribution in [1.82, 2.24) is 31.9 Å². The molecule has 0 spiro atoms. The first kappa shape index (κ1) is 66.8. The van der Waals surface area contributed by atoms with Gasteiger partial charge < -0.3 is 89.1 Å². The summed E-state index contributed by atoms with van der Waals surface area (Å²) in [5.74, 6) is -2.57. The highest BCUT2D eigenvalue weighted by atomic mass is 16.7. The van der Waals surface area contributed by atoms with Crippen LogP contribution in [0.4, 0.5) is 24.0 Å². The number of aliphatic hydroxyl groups excluding tert-OH is 1. The number of ether oxygens (including phenoxy) is 11. The maximum Gasteiger partial charge on any atom is 0.408 e. The third-order valence-electron chi connectivity index (χ3n) is 11.3. The fraction of sp³-hybridized carbons (Fsp3) is 0.846. The number of aliphatic hydroxyl groups is 1. The first-order chi connectivity index (χ1) is 35.7. The summed E-state index contributed by atoms with van der Waals surface area (Å²) in [6.45, 7) is 28.8. The Labute approximate surface area is 458 Å². The van der Waals surface area contributed by atoms with Crippen molar-refractivity contribution < 1.29 is 95.6 Å². The van der Waals surface area contributed by atoms with Gasteiger partial charge in [0, 0.05) is 33.4 Å². The van der Waals surface area contributed by atoms with Gasteiger partial charge in [0.25, 0.3) is 5.91 Å². The quantitative estimate of drug-likeness (QED) is 0.0742. The van der Waals surface area contributed by atoms with Gasteiger partial charge in [-0.1, -0.05) is 6.92 Å². The lowest BCUT2D eigenvalue weighted by molar-refractivity contribution is -0.303. The third-order valence-corrected chi connectivity index (χ3v) is 11.3. The van der Waals surface area contributed by atoms with Gasteiger partial charge in [-0.25, -0.2) is 24.0 Å². The van der Waals surface area contributed by atoms with Gasteiger partial charge in [0.15, 0.2) is 24.8 Å². The van der Waals surface area contributed by atoms with Crippen LogP contribution in [-0.2, 0) is 66.5 Å². The molecule has 0 aromatic carbocycles. The van der Waals surface area contributed by atoms with E-state index in [-0.39, 0.29) is 45.2 Å². The Hall–Kier alpha value is -5.44. The maximum absolute atomic E-state index is 14.5. The minimum Gasteiger partial charge on any atom is -0.455 e. The summed E-state index contributed by atoms with van der Waals surface area (Å²) in [6.07, 6.45) is -16.5. The summed E-state index contributed by atoms with van der Waals surface area (Å²) >= 11 is 0. The SMILES string of the molecule is CCC1C[C@H](NC(=O)OC(C)(C)C)C(OC(C)=O)[C@@H](O[C@@H]2C(O)C(O[C@H]3OC(CNC(=O)OC(C)(C)C)CCC3NC(=O)OC(C)(C)C)[C@@H](NC(=O)OC(C)(C)C)C[C@H]2NC(=O)[C@H](CCNC(=O)OC(C)(C)C)OC(C)=O)O1. The summed E-state index contributed by atoms with van der Waals surface area (Å²) in [7, 11) is 0. The molecule has 6 amide bonds. The highest BCUT2D eigenvalue weighted by Gasteiger charge is 2.53. The lowest BCUT2D eigenvalue weighted by Gasteiger charge is -2.49. The van der Waals surface area contributed by atoms with Crippen LogP contribution < -0.4 is 31.9 Å². The second kappa shape index (κ2) is 28.1. The zero-order valence-electron chi connectivity index (χ0n) is 48.9. The molecule has 0 radical (unpaired) electrons. The van der Waals surface area contributed by atoms with E-state index in [1.165, 1.54) is 0 Å². The Bertz CT molecular complexity index is 2040. The van der Waals surface area contributed by atoms with Crippen LogP contribution in [0, 0.1) is 0 Å². The second-order valence-corrected chi connectivity index (χ2v) is 24.5. The number of amides is 6. The number of hydrogen-bond acceptors (Lipinski definition) is 20. The van der Waals surface area contributed by atoms with Crippen molar-refractivity contribution in [2.75, 3.05) is 13.1 Å². The molecule has 6 unspecified atom stereocenters. The Morgan fingerprint density at radius 1 is 0.513 bits per heavy atom. The van der Waals surface area contributed by atoms with Gasteiger partial charge in [0.05, 0.1) is 36.4 Å². The van der Waals surface area contributed by atoms with Crippen molar-refractivity contribution in [3.63, 3.8) is 0 Å². The van der Waals surface area contributed by atoms with Crippen LogP contribution in [0.15, 0.2) is 0 Å². The molecule has 2 aliphatic heterocycles. The topological polar surface area (TPSA) is 330 Å². The molecule has 0 aromatic rings. The Morgan fingerprint density at radius 2 is 0.936 bits per heavy atom. The lowest BCUT2D eigenvalue weighted by Crippen LogP contribution is -2.69. The molecule has 0 aromatic heterocycles. The number of alkyl carbamates (subject to hydrolysis) is 5. The number of esters is 2. The Balaban J connectivity index is 2.24. The first-order valence-electron chi connectivity index (χ1n) is 26.6. The van der Waals surface area contributed by atoms with Gasteiger partial charge in [0.2, 0.25) is 0 Å². The van der Waals surface area contributed by atoms with Crippen LogP contribution in [0.3, 0.4) is 0 Å². The van der Waals surface area contributed by atoms with Gasteiger partial charge in [-0.3, -0.25) is 14.4 Å². The lowest BCUT2D eigenvalue weighted by atomic mass is 9.83. The van der Waals surface area contributed by atoms with Gasteiger partial charge in [-0.05, 0) is 136 Å². The van der Waals surface area contributed by atoms with E-state index in [1.54, 1.807) is 104 Å². The summed E-state index contributed by atoms with van der Waals surface area (Å²) in [5.41, 5.74) is -4.55. The molecule has 78 heavy (non-hydrogen) atoms. The molecule has 7 N–H and O–H groups in total. The normalized spacial score (nSPS) is 27.3. The van der Waals surface area contributed by atoms with E-state index in [2.05, 4.69) is 31.9 Å². The molecule has 26 heteroatoms. The largest absolute Gasteiger partial charge is 0.455 e. The molecule has 26 nitrogen and oxygen atoms in total. The molecule has 13 atom stereocenters. The molecular weight excluding hydrogens is 1030 g/mol. The van der Waals surface area contributed by atoms with E-state index >= 15 is 0 Å². The molecule has 3 rings (SSSR count). The zero-order valence-corrected chi connectivity index (χ0v) is 48.9. The molecule has 2 saturated heterocycles. The molecule has 1 aliphatic carbocycles. The van der Waals surface area contributed by atoms with Crippen LogP contribution >= 0.6 is 0 Å². The number of carbonyl (C=O) groups excluding carboxylic acids is 8. The summed E-state index contributed by atoms with van der Waals surface area (Å²) in [6, 6.07) is -4.67. The predicted octanol–water partition coefficient (Wildman–Crippen LogP) is 5.02. The van der Waals surface area contributed by atoms with E-state index in [4.69, 9.17) is 52.1 Å². The second-order valence-electron chi connectivity index (χ2n) is 24.5. The summed E-state index contributed by atoms with van der Waals surface area (Å²) < 4.78 is 65.0. The smallest absolute Gasteiger partial charge is 0.408 e. The average molecular weight is 1120 g/mol. The molecular formula is C52H90N6O20. The number of nitrogens with one attached hydrogen (secondary N) is 6. The average Bonchev–Trinajstić information content (AvgIpc) is 3.23. The fourth-order valence-electron chi connectivity index (χ4n) is 8.42. The predicted molar refractivity (Wildman–Crippen MR) is 277 cm³/mol. The maximum atomic E-state index is 14.5. The number of hydrogen-bond donors (Lipinski definition) is 7. The summed E-state index contributed by atoms with van der Waals surface area (Å²) in [4.78, 5) is 106. The highest BCUT2D eigenvalue weighted by molar-refractivity contribution is 5.84. The van der Waals surface area contributed by atoms with Crippen LogP contribution in [-0.4, -0.2) is 174 Å². The van der Waals surface area contributed by atoms with Crippen molar-refractivity contribution in [2.45, 2.75) is 271 Å². The van der Waals surface area contributed by atoms with Crippen LogP contribution in [0.2, 0.25) is 0 Å². The monoisotopic (exact) mass is 1120 g/mol. The molecule has 3 fully saturated rings. The molecule has 1 saturated carbocycles. The third kappa shape index (κ3) is 24.7. The van der Waals surface area contributed by atoms with E-state index in [1.807, 2.05) is 6.92 Å². The molecule has 448 valence electrons. The fourth-order valence-corrected chi connectivity index (χ4v) is 8.42. The van der Waals surface area contributed by atoms with Crippen LogP contribution in [0.25, 0.3) is 0 Å². The zero-order chi connectivity index (χ0) is 59.3. The molecule has 3 aliphatic rings. The Morgan fingerprint density at radius 3 is 1.40 bits per heavy atom. The van der Waals surface area contributed by atoms with Crippen molar-refractivity contribution in [2.24, 2.45) is 0 Å². The van der Waals surface area contributed by atoms with Crippen molar-refractivity contribution in [3.8, 4) is 0 Å². The summed E-state index contributed by atoms with van der Waals surface area (Å²) in [5, 5.41) is 29.3. The highest BCUT2D eigenvalue weighted by Crippen LogP contribution is 2.35. The van der Waals surface area contributed by atoms with E-state index < -0.39 is 156 Å². The van der Waals surface area contributed by atoms with Gasteiger partial charge >= 0.3 is 42.4 Å². The van der Waals surface area contributed by atoms with Crippen molar-refractivity contribution >= 4 is 48.3 Å². The van der Waals surface area contributed by atoms with Gasteiger partial charge in [-0.2, -0.15) is 0 Å². The molecule has 0 bridgehead atoms. The van der Waals surface area contributed by atoms with Gasteiger partial charge in [-0.15, -0.1) is 0 Å². The van der Waals surface area contributed by atoms with Crippen LogP contribution in [0.1, 0.15) is 163 Å². The van der Waals surface area contributed by atoms with E-state index in [0.29, 0.717) is 6.42 Å². The first-order valence-corrected chi connectivity index (χ1v) is 26.6.